The van der Waals surface area contributed by atoms with Crippen LogP contribution >= 0.6 is 11.6 Å². The Morgan fingerprint density at radius 3 is 2.60 bits per heavy atom. The van der Waals surface area contributed by atoms with Crippen LogP contribution in [0.2, 0.25) is 5.02 Å². The lowest BCUT2D eigenvalue weighted by atomic mass is 9.80. The van der Waals surface area contributed by atoms with Gasteiger partial charge in [-0.25, -0.2) is 0 Å². The van der Waals surface area contributed by atoms with E-state index in [4.69, 9.17) is 27.8 Å². The summed E-state index contributed by atoms with van der Waals surface area (Å²) in [5.41, 5.74) is 11.3. The highest BCUT2D eigenvalue weighted by molar-refractivity contribution is 6.33. The second-order valence-corrected chi connectivity index (χ2v) is 5.76. The molecule has 0 aliphatic heterocycles. The Kier molecular flexibility index (Phi) is 5.26. The average molecular weight is 297 g/mol. The maximum atomic E-state index is 11.1. The van der Waals surface area contributed by atoms with Crippen molar-refractivity contribution in [1.29, 1.82) is 0 Å². The predicted molar refractivity (Wildman–Crippen MR) is 80.0 cm³/mol. The molecule has 0 saturated heterocycles. The molecule has 0 heterocycles. The molecule has 20 heavy (non-hydrogen) atoms. The van der Waals surface area contributed by atoms with Crippen molar-refractivity contribution < 1.29 is 9.53 Å². The van der Waals surface area contributed by atoms with Crippen molar-refractivity contribution in [2.24, 2.45) is 23.3 Å². The highest BCUT2D eigenvalue weighted by atomic mass is 35.5. The van der Waals surface area contributed by atoms with Gasteiger partial charge in [-0.15, -0.1) is 0 Å². The van der Waals surface area contributed by atoms with Gasteiger partial charge in [-0.1, -0.05) is 24.4 Å². The number of rotatable bonds is 5. The van der Waals surface area contributed by atoms with Crippen molar-refractivity contribution in [3.05, 3.63) is 28.8 Å². The minimum atomic E-state index is -0.531. The number of halogens is 1. The van der Waals surface area contributed by atoms with E-state index in [0.717, 1.165) is 13.0 Å². The van der Waals surface area contributed by atoms with E-state index < -0.39 is 5.91 Å². The van der Waals surface area contributed by atoms with Gasteiger partial charge >= 0.3 is 0 Å². The summed E-state index contributed by atoms with van der Waals surface area (Å²) >= 11 is 6.00. The van der Waals surface area contributed by atoms with Gasteiger partial charge in [0.25, 0.3) is 0 Å². The molecule has 110 valence electrons. The van der Waals surface area contributed by atoms with Crippen LogP contribution in [0.4, 0.5) is 0 Å². The molecule has 1 aromatic carbocycles. The molecule has 0 aromatic heterocycles. The van der Waals surface area contributed by atoms with Crippen LogP contribution in [0.1, 0.15) is 36.0 Å². The molecular formula is C15H21ClN2O2. The number of nitrogens with two attached hydrogens (primary N) is 2. The highest BCUT2D eigenvalue weighted by Gasteiger charge is 2.24. The molecule has 5 heteroatoms. The Balaban J connectivity index is 1.96. The molecule has 1 amide bonds. The maximum absolute atomic E-state index is 11.1. The van der Waals surface area contributed by atoms with Crippen LogP contribution in [0.15, 0.2) is 18.2 Å². The van der Waals surface area contributed by atoms with E-state index in [1.54, 1.807) is 18.2 Å². The molecule has 2 atom stereocenters. The minimum absolute atomic E-state index is 0.316. The van der Waals surface area contributed by atoms with Crippen LogP contribution in [0.25, 0.3) is 0 Å². The summed E-state index contributed by atoms with van der Waals surface area (Å²) in [6, 6.07) is 4.97. The van der Waals surface area contributed by atoms with Crippen molar-refractivity contribution in [2.45, 2.75) is 25.7 Å². The first-order chi connectivity index (χ1) is 9.61. The Labute approximate surface area is 124 Å². The molecule has 1 aliphatic rings. The summed E-state index contributed by atoms with van der Waals surface area (Å²) in [5, 5.41) is 0.328. The Morgan fingerprint density at radius 1 is 1.30 bits per heavy atom. The van der Waals surface area contributed by atoms with Crippen molar-refractivity contribution in [3.8, 4) is 5.75 Å². The molecule has 1 fully saturated rings. The molecule has 0 spiro atoms. The third kappa shape index (κ3) is 3.64. The Hall–Kier alpha value is -1.26. The van der Waals surface area contributed by atoms with Crippen LogP contribution in [0, 0.1) is 11.8 Å². The van der Waals surface area contributed by atoms with E-state index >= 15 is 0 Å². The van der Waals surface area contributed by atoms with Gasteiger partial charge in [0.05, 0.1) is 17.2 Å². The van der Waals surface area contributed by atoms with Crippen LogP contribution in [0.5, 0.6) is 5.75 Å². The van der Waals surface area contributed by atoms with E-state index in [0.29, 0.717) is 34.8 Å². The monoisotopic (exact) mass is 296 g/mol. The van der Waals surface area contributed by atoms with Gasteiger partial charge in [-0.05, 0) is 49.4 Å². The van der Waals surface area contributed by atoms with Gasteiger partial charge in [0.15, 0.2) is 0 Å². The van der Waals surface area contributed by atoms with Crippen LogP contribution in [-0.4, -0.2) is 19.1 Å². The molecule has 4 nitrogen and oxygen atoms in total. The minimum Gasteiger partial charge on any atom is -0.493 e. The van der Waals surface area contributed by atoms with E-state index in [9.17, 15) is 4.79 Å². The van der Waals surface area contributed by atoms with Gasteiger partial charge in [0.1, 0.15) is 5.75 Å². The van der Waals surface area contributed by atoms with Crippen molar-refractivity contribution >= 4 is 17.5 Å². The third-order valence-corrected chi connectivity index (χ3v) is 4.35. The fraction of sp³-hybridized carbons (Fsp3) is 0.533. The quantitative estimate of drug-likeness (QED) is 0.876. The molecule has 1 saturated carbocycles. The molecule has 0 radical (unpaired) electrons. The first kappa shape index (κ1) is 15.1. The predicted octanol–water partition coefficient (Wildman–Crippen LogP) is 2.58. The zero-order chi connectivity index (χ0) is 14.5. The molecule has 0 bridgehead atoms. The molecule has 1 aromatic rings. The molecule has 2 rings (SSSR count). The van der Waals surface area contributed by atoms with E-state index in [-0.39, 0.29) is 0 Å². The van der Waals surface area contributed by atoms with Crippen LogP contribution in [-0.2, 0) is 0 Å². The zero-order valence-corrected chi connectivity index (χ0v) is 12.2. The fourth-order valence-corrected chi connectivity index (χ4v) is 3.07. The number of primary amides is 1. The fourth-order valence-electron chi connectivity index (χ4n) is 2.80. The summed E-state index contributed by atoms with van der Waals surface area (Å²) in [4.78, 5) is 11.1. The van der Waals surface area contributed by atoms with E-state index in [1.165, 1.54) is 19.3 Å². The van der Waals surface area contributed by atoms with Crippen LogP contribution in [0.3, 0.4) is 0 Å². The Bertz CT molecular complexity index is 479. The summed E-state index contributed by atoms with van der Waals surface area (Å²) in [6.07, 6.45) is 4.85. The standard InChI is InChI=1S/C15H21ClN2O2/c16-14-7-12(5-6-13(14)15(18)19)20-9-11-4-2-1-3-10(11)8-17/h5-7,10-11H,1-4,8-9,17H2,(H2,18,19). The lowest BCUT2D eigenvalue weighted by Crippen LogP contribution is -2.30. The number of carbonyl (C=O) groups is 1. The van der Waals surface area contributed by atoms with Gasteiger partial charge in [-0.3, -0.25) is 4.79 Å². The van der Waals surface area contributed by atoms with E-state index in [2.05, 4.69) is 0 Å². The van der Waals surface area contributed by atoms with E-state index in [1.807, 2.05) is 0 Å². The average Bonchev–Trinajstić information content (AvgIpc) is 2.45. The second-order valence-electron chi connectivity index (χ2n) is 5.36. The van der Waals surface area contributed by atoms with Crippen molar-refractivity contribution in [1.82, 2.24) is 0 Å². The normalized spacial score (nSPS) is 22.5. The number of hydrogen-bond acceptors (Lipinski definition) is 3. The molecular weight excluding hydrogens is 276 g/mol. The number of carbonyl (C=O) groups excluding carboxylic acids is 1. The lowest BCUT2D eigenvalue weighted by molar-refractivity contribution is 0.100. The van der Waals surface area contributed by atoms with Gasteiger partial charge in [0, 0.05) is 0 Å². The van der Waals surface area contributed by atoms with Gasteiger partial charge in [0.2, 0.25) is 5.91 Å². The number of amides is 1. The summed E-state index contributed by atoms with van der Waals surface area (Å²) in [5.74, 6) is 1.19. The SMILES string of the molecule is NCC1CCCCC1COc1ccc(C(N)=O)c(Cl)c1. The first-order valence-corrected chi connectivity index (χ1v) is 7.42. The van der Waals surface area contributed by atoms with Crippen molar-refractivity contribution in [3.63, 3.8) is 0 Å². The van der Waals surface area contributed by atoms with Gasteiger partial charge in [-0.2, -0.15) is 0 Å². The molecule has 1 aliphatic carbocycles. The summed E-state index contributed by atoms with van der Waals surface area (Å²) in [6.45, 7) is 1.36. The summed E-state index contributed by atoms with van der Waals surface area (Å²) in [7, 11) is 0. The molecule has 2 unspecified atom stereocenters. The smallest absolute Gasteiger partial charge is 0.250 e. The number of ether oxygens (including phenoxy) is 1. The van der Waals surface area contributed by atoms with Crippen molar-refractivity contribution in [2.75, 3.05) is 13.2 Å². The topological polar surface area (TPSA) is 78.3 Å². The summed E-state index contributed by atoms with van der Waals surface area (Å²) < 4.78 is 5.80. The third-order valence-electron chi connectivity index (χ3n) is 4.04. The largest absolute Gasteiger partial charge is 0.493 e. The Morgan fingerprint density at radius 2 is 2.00 bits per heavy atom. The van der Waals surface area contributed by atoms with Crippen LogP contribution < -0.4 is 16.2 Å². The highest BCUT2D eigenvalue weighted by Crippen LogP contribution is 2.30. The lowest BCUT2D eigenvalue weighted by Gasteiger charge is -2.30. The first-order valence-electron chi connectivity index (χ1n) is 7.04. The van der Waals surface area contributed by atoms with Gasteiger partial charge < -0.3 is 16.2 Å². The molecule has 4 N–H and O–H groups in total. The maximum Gasteiger partial charge on any atom is 0.250 e. The second kappa shape index (κ2) is 6.95. The number of benzene rings is 1. The number of hydrogen-bond donors (Lipinski definition) is 2. The zero-order valence-electron chi connectivity index (χ0n) is 11.5.